The number of fused-ring (bicyclic) bond motifs is 2. The topological polar surface area (TPSA) is 88.4 Å². The van der Waals surface area contributed by atoms with Crippen LogP contribution in [-0.4, -0.2) is 30.9 Å². The molecule has 0 saturated carbocycles. The van der Waals surface area contributed by atoms with E-state index in [9.17, 15) is 9.59 Å². The quantitative estimate of drug-likeness (QED) is 0.135. The number of hydrogen-bond donors (Lipinski definition) is 0. The number of benzene rings is 5. The zero-order valence-corrected chi connectivity index (χ0v) is 29.3. The Balaban J connectivity index is 1.32. The molecule has 0 amide bonds. The molecule has 0 spiro atoms. The summed E-state index contributed by atoms with van der Waals surface area (Å²) in [4.78, 5) is 33.5. The molecule has 8 nitrogen and oxygen atoms in total. The molecular formula is C42H36N2O6S. The molecule has 1 atom stereocenters. The number of aromatic nitrogens is 1. The zero-order valence-electron chi connectivity index (χ0n) is 28.5. The lowest BCUT2D eigenvalue weighted by Gasteiger charge is -2.26. The minimum atomic E-state index is -0.785. The van der Waals surface area contributed by atoms with Gasteiger partial charge in [0.15, 0.2) is 16.3 Å². The van der Waals surface area contributed by atoms with Crippen molar-refractivity contribution in [1.29, 1.82) is 0 Å². The van der Waals surface area contributed by atoms with Gasteiger partial charge in [-0.1, -0.05) is 102 Å². The lowest BCUT2D eigenvalue weighted by Crippen LogP contribution is -2.40. The highest BCUT2D eigenvalue weighted by Gasteiger charge is 2.35. The van der Waals surface area contributed by atoms with E-state index < -0.39 is 12.0 Å². The number of carbonyl (C=O) groups excluding carboxylic acids is 1. The fraction of sp³-hybridized carbons (Fsp3) is 0.167. The minimum absolute atomic E-state index is 0.175. The Morgan fingerprint density at radius 1 is 0.843 bits per heavy atom. The standard InChI is InChI=1S/C42H36N2O6S/c1-4-48-35-24-27(18-23-34(35)50-26-31-16-11-15-28-12-9-10-17-33(28)31)25-36-40(45)44-39(30-19-21-32(47-3)22-20-30)37(41(46)49-5-2)38(43-42(44)51-36)29-13-7-6-8-14-29/h6-25,39H,4-5,26H2,1-3H3/b36-25-/t39-/m1/s1. The van der Waals surface area contributed by atoms with Crippen LogP contribution in [-0.2, 0) is 16.1 Å². The number of rotatable bonds is 11. The van der Waals surface area contributed by atoms with Gasteiger partial charge in [-0.3, -0.25) is 9.36 Å². The van der Waals surface area contributed by atoms with Crippen LogP contribution < -0.4 is 29.1 Å². The smallest absolute Gasteiger partial charge is 0.338 e. The number of hydrogen-bond acceptors (Lipinski definition) is 8. The summed E-state index contributed by atoms with van der Waals surface area (Å²) < 4.78 is 25.3. The van der Waals surface area contributed by atoms with E-state index in [1.807, 2.05) is 104 Å². The van der Waals surface area contributed by atoms with Gasteiger partial charge in [0, 0.05) is 5.56 Å². The largest absolute Gasteiger partial charge is 0.497 e. The van der Waals surface area contributed by atoms with Crippen molar-refractivity contribution < 1.29 is 23.7 Å². The van der Waals surface area contributed by atoms with Crippen molar-refractivity contribution in [3.63, 3.8) is 0 Å². The first-order valence-electron chi connectivity index (χ1n) is 16.8. The van der Waals surface area contributed by atoms with Crippen LogP contribution in [0.2, 0.25) is 0 Å². The molecule has 6 aromatic rings. The second-order valence-electron chi connectivity index (χ2n) is 11.8. The molecular weight excluding hydrogens is 661 g/mol. The van der Waals surface area contributed by atoms with Gasteiger partial charge in [-0.2, -0.15) is 0 Å². The van der Waals surface area contributed by atoms with E-state index in [2.05, 4.69) is 24.3 Å². The van der Waals surface area contributed by atoms with Crippen LogP contribution in [0.5, 0.6) is 17.2 Å². The predicted molar refractivity (Wildman–Crippen MR) is 200 cm³/mol. The Kier molecular flexibility index (Phi) is 9.81. The first-order chi connectivity index (χ1) is 25.0. The van der Waals surface area contributed by atoms with Gasteiger partial charge in [0.05, 0.1) is 42.2 Å². The third-order valence-electron chi connectivity index (χ3n) is 8.63. The van der Waals surface area contributed by atoms with E-state index in [-0.39, 0.29) is 12.2 Å². The summed E-state index contributed by atoms with van der Waals surface area (Å²) in [5.74, 6) is 1.31. The highest BCUT2D eigenvalue weighted by molar-refractivity contribution is 7.07. The first-order valence-corrected chi connectivity index (χ1v) is 17.6. The number of nitrogens with zero attached hydrogens (tertiary/aromatic N) is 2. The molecule has 0 radical (unpaired) electrons. The summed E-state index contributed by atoms with van der Waals surface area (Å²) in [5.41, 5.74) is 3.79. The van der Waals surface area contributed by atoms with Crippen molar-refractivity contribution in [3.05, 3.63) is 163 Å². The molecule has 51 heavy (non-hydrogen) atoms. The molecule has 256 valence electrons. The molecule has 0 N–H and O–H groups in total. The Morgan fingerprint density at radius 2 is 1.61 bits per heavy atom. The zero-order chi connectivity index (χ0) is 35.3. The van der Waals surface area contributed by atoms with Crippen molar-refractivity contribution >= 4 is 39.9 Å². The van der Waals surface area contributed by atoms with Crippen LogP contribution in [0.25, 0.3) is 22.5 Å². The predicted octanol–water partition coefficient (Wildman–Crippen LogP) is 7.08. The van der Waals surface area contributed by atoms with E-state index in [4.69, 9.17) is 23.9 Å². The normalized spacial score (nSPS) is 14.2. The fourth-order valence-electron chi connectivity index (χ4n) is 6.27. The van der Waals surface area contributed by atoms with Gasteiger partial charge in [-0.15, -0.1) is 0 Å². The molecule has 1 aliphatic heterocycles. The van der Waals surface area contributed by atoms with Crippen LogP contribution in [0, 0.1) is 0 Å². The van der Waals surface area contributed by atoms with E-state index in [1.165, 1.54) is 11.3 Å². The van der Waals surface area contributed by atoms with E-state index >= 15 is 0 Å². The van der Waals surface area contributed by atoms with Gasteiger partial charge in [0.25, 0.3) is 5.56 Å². The molecule has 5 aromatic carbocycles. The maximum absolute atomic E-state index is 14.4. The highest BCUT2D eigenvalue weighted by Crippen LogP contribution is 2.36. The molecule has 1 aliphatic rings. The minimum Gasteiger partial charge on any atom is -0.497 e. The molecule has 0 aliphatic carbocycles. The molecule has 0 saturated heterocycles. The Bertz CT molecular complexity index is 2430. The van der Waals surface area contributed by atoms with Crippen molar-refractivity contribution in [1.82, 2.24) is 4.57 Å². The van der Waals surface area contributed by atoms with Gasteiger partial charge in [0.1, 0.15) is 12.4 Å². The third kappa shape index (κ3) is 6.80. The molecule has 7 rings (SSSR count). The average molecular weight is 697 g/mol. The second kappa shape index (κ2) is 14.9. The van der Waals surface area contributed by atoms with Crippen molar-refractivity contribution in [2.24, 2.45) is 4.99 Å². The third-order valence-corrected chi connectivity index (χ3v) is 9.62. The van der Waals surface area contributed by atoms with Crippen molar-refractivity contribution in [2.75, 3.05) is 20.3 Å². The Morgan fingerprint density at radius 3 is 2.37 bits per heavy atom. The SMILES string of the molecule is CCOC(=O)C1=C(c2ccccc2)N=c2s/c(=C\c3ccc(OCc4cccc5ccccc45)c(OCC)c3)c(=O)n2[C@@H]1c1ccc(OC)cc1. The van der Waals surface area contributed by atoms with Gasteiger partial charge >= 0.3 is 5.97 Å². The number of ether oxygens (including phenoxy) is 4. The molecule has 0 unspecified atom stereocenters. The van der Waals surface area contributed by atoms with Crippen molar-refractivity contribution in [2.45, 2.75) is 26.5 Å². The Labute approximate surface area is 299 Å². The molecule has 2 heterocycles. The Hall–Kier alpha value is -5.93. The molecule has 0 bridgehead atoms. The van der Waals surface area contributed by atoms with Gasteiger partial charge in [-0.05, 0) is 71.7 Å². The van der Waals surface area contributed by atoms with Gasteiger partial charge in [0.2, 0.25) is 0 Å². The van der Waals surface area contributed by atoms with Crippen LogP contribution in [0.4, 0.5) is 0 Å². The number of esters is 1. The van der Waals surface area contributed by atoms with E-state index in [1.54, 1.807) is 18.6 Å². The van der Waals surface area contributed by atoms with Crippen LogP contribution in [0.3, 0.4) is 0 Å². The van der Waals surface area contributed by atoms with Crippen LogP contribution in [0.15, 0.2) is 131 Å². The number of thiazole rings is 1. The average Bonchev–Trinajstić information content (AvgIpc) is 3.48. The summed E-state index contributed by atoms with van der Waals surface area (Å²) in [7, 11) is 1.59. The summed E-state index contributed by atoms with van der Waals surface area (Å²) in [5, 5.41) is 2.29. The lowest BCUT2D eigenvalue weighted by atomic mass is 9.93. The van der Waals surface area contributed by atoms with Gasteiger partial charge in [-0.25, -0.2) is 9.79 Å². The summed E-state index contributed by atoms with van der Waals surface area (Å²) in [6, 6.07) is 36.1. The first kappa shape index (κ1) is 33.6. The second-order valence-corrected chi connectivity index (χ2v) is 12.8. The fourth-order valence-corrected chi connectivity index (χ4v) is 7.27. The molecule has 9 heteroatoms. The number of carbonyl (C=O) groups is 1. The summed E-state index contributed by atoms with van der Waals surface area (Å²) >= 11 is 1.27. The molecule has 0 fully saturated rings. The van der Waals surface area contributed by atoms with Gasteiger partial charge < -0.3 is 18.9 Å². The van der Waals surface area contributed by atoms with Crippen molar-refractivity contribution in [3.8, 4) is 17.2 Å². The summed E-state index contributed by atoms with van der Waals surface area (Å²) in [6.07, 6.45) is 1.82. The maximum Gasteiger partial charge on any atom is 0.338 e. The number of methoxy groups -OCH3 is 1. The highest BCUT2D eigenvalue weighted by atomic mass is 32.1. The monoisotopic (exact) mass is 696 g/mol. The molecule has 1 aromatic heterocycles. The van der Waals surface area contributed by atoms with Crippen LogP contribution in [0.1, 0.15) is 42.1 Å². The lowest BCUT2D eigenvalue weighted by molar-refractivity contribution is -0.138. The van der Waals surface area contributed by atoms with E-state index in [0.717, 1.165) is 33.0 Å². The van der Waals surface area contributed by atoms with Crippen LogP contribution >= 0.6 is 11.3 Å². The summed E-state index contributed by atoms with van der Waals surface area (Å²) in [6.45, 7) is 4.67. The maximum atomic E-state index is 14.4. The van der Waals surface area contributed by atoms with E-state index in [0.29, 0.717) is 51.1 Å².